The van der Waals surface area contributed by atoms with E-state index in [1.165, 1.54) is 12.1 Å². The molecule has 0 unspecified atom stereocenters. The van der Waals surface area contributed by atoms with Crippen molar-refractivity contribution in [3.63, 3.8) is 0 Å². The molecule has 0 fully saturated rings. The van der Waals surface area contributed by atoms with Gasteiger partial charge in [-0.05, 0) is 35.9 Å². The van der Waals surface area contributed by atoms with Crippen LogP contribution in [0.15, 0.2) is 54.9 Å². The van der Waals surface area contributed by atoms with Crippen molar-refractivity contribution in [2.75, 3.05) is 5.73 Å². The van der Waals surface area contributed by atoms with E-state index < -0.39 is 11.7 Å². The van der Waals surface area contributed by atoms with Crippen LogP contribution in [0.3, 0.4) is 0 Å². The third kappa shape index (κ3) is 3.28. The van der Waals surface area contributed by atoms with Gasteiger partial charge in [0.25, 0.3) is 0 Å². The Hall–Kier alpha value is -3.40. The maximum absolute atomic E-state index is 13.0. The van der Waals surface area contributed by atoms with Crippen LogP contribution in [-0.2, 0) is 6.18 Å². The van der Waals surface area contributed by atoms with Gasteiger partial charge >= 0.3 is 6.18 Å². The van der Waals surface area contributed by atoms with Gasteiger partial charge < -0.3 is 5.73 Å². The molecule has 0 aliphatic carbocycles. The van der Waals surface area contributed by atoms with Gasteiger partial charge in [0, 0.05) is 23.5 Å². The van der Waals surface area contributed by atoms with E-state index in [0.29, 0.717) is 16.8 Å². The molecule has 3 rings (SSSR count). The van der Waals surface area contributed by atoms with Crippen molar-refractivity contribution in [3.05, 3.63) is 66.0 Å². The molecule has 124 valence electrons. The van der Waals surface area contributed by atoms with Crippen molar-refractivity contribution in [3.8, 4) is 28.5 Å². The van der Waals surface area contributed by atoms with Gasteiger partial charge in [-0.3, -0.25) is 4.98 Å². The van der Waals surface area contributed by atoms with Crippen LogP contribution in [0.1, 0.15) is 11.1 Å². The highest BCUT2D eigenvalue weighted by Gasteiger charge is 2.30. The summed E-state index contributed by atoms with van der Waals surface area (Å²) >= 11 is 0. The maximum Gasteiger partial charge on any atom is 0.416 e. The second kappa shape index (κ2) is 6.24. The topological polar surface area (TPSA) is 75.6 Å². The lowest BCUT2D eigenvalue weighted by atomic mass is 9.97. The molecular formula is C18H11F3N4. The van der Waals surface area contributed by atoms with Crippen LogP contribution in [-0.4, -0.2) is 9.97 Å². The van der Waals surface area contributed by atoms with Gasteiger partial charge in [-0.25, -0.2) is 4.98 Å². The number of benzene rings is 1. The third-order valence-electron chi connectivity index (χ3n) is 3.62. The average Bonchev–Trinajstić information content (AvgIpc) is 2.61. The number of hydrogen-bond acceptors (Lipinski definition) is 4. The smallest absolute Gasteiger partial charge is 0.383 e. The van der Waals surface area contributed by atoms with Gasteiger partial charge in [0.15, 0.2) is 0 Å². The number of alkyl halides is 3. The second-order valence-electron chi connectivity index (χ2n) is 5.25. The summed E-state index contributed by atoms with van der Waals surface area (Å²) < 4.78 is 38.9. The molecule has 2 aromatic heterocycles. The van der Waals surface area contributed by atoms with Gasteiger partial charge in [0.2, 0.25) is 0 Å². The van der Waals surface area contributed by atoms with Gasteiger partial charge in [0.05, 0.1) is 11.3 Å². The fourth-order valence-corrected chi connectivity index (χ4v) is 2.44. The molecule has 1 aromatic carbocycles. The molecule has 2 N–H and O–H groups in total. The van der Waals surface area contributed by atoms with Crippen LogP contribution >= 0.6 is 0 Å². The zero-order chi connectivity index (χ0) is 18.0. The van der Waals surface area contributed by atoms with Crippen LogP contribution in [0.4, 0.5) is 19.0 Å². The molecule has 0 saturated heterocycles. The molecule has 0 aliphatic rings. The zero-order valence-electron chi connectivity index (χ0n) is 12.7. The molecule has 0 radical (unpaired) electrons. The Labute approximate surface area is 141 Å². The first-order valence-corrected chi connectivity index (χ1v) is 7.19. The lowest BCUT2D eigenvalue weighted by Gasteiger charge is -2.12. The van der Waals surface area contributed by atoms with E-state index >= 15 is 0 Å². The second-order valence-corrected chi connectivity index (χ2v) is 5.25. The van der Waals surface area contributed by atoms with Crippen molar-refractivity contribution in [1.29, 1.82) is 5.26 Å². The standard InChI is InChI=1S/C18H11F3N4/c19-18(20,21)13-5-1-3-11(7-13)14-8-16(12-4-2-6-24-10-12)25-17(23)15(14)9-22/h1-8,10H,(H2,23,25). The van der Waals surface area contributed by atoms with Gasteiger partial charge in [-0.1, -0.05) is 12.1 Å². The highest BCUT2D eigenvalue weighted by Crippen LogP contribution is 2.35. The van der Waals surface area contributed by atoms with Crippen molar-refractivity contribution in [2.45, 2.75) is 6.18 Å². The van der Waals surface area contributed by atoms with Crippen LogP contribution in [0.2, 0.25) is 0 Å². The number of pyridine rings is 2. The molecule has 0 amide bonds. The first-order valence-electron chi connectivity index (χ1n) is 7.19. The van der Waals surface area contributed by atoms with E-state index in [-0.39, 0.29) is 16.9 Å². The largest absolute Gasteiger partial charge is 0.416 e. The number of nitrogens with zero attached hydrogens (tertiary/aromatic N) is 3. The lowest BCUT2D eigenvalue weighted by molar-refractivity contribution is -0.137. The lowest BCUT2D eigenvalue weighted by Crippen LogP contribution is -2.05. The summed E-state index contributed by atoms with van der Waals surface area (Å²) in [5.41, 5.74) is 6.70. The van der Waals surface area contributed by atoms with E-state index in [2.05, 4.69) is 9.97 Å². The summed E-state index contributed by atoms with van der Waals surface area (Å²) in [5, 5.41) is 9.35. The SMILES string of the molecule is N#Cc1c(-c2cccc(C(F)(F)F)c2)cc(-c2cccnc2)nc1N. The fourth-order valence-electron chi connectivity index (χ4n) is 2.44. The first kappa shape index (κ1) is 16.5. The molecule has 0 atom stereocenters. The number of hydrogen-bond donors (Lipinski definition) is 1. The first-order chi connectivity index (χ1) is 11.9. The molecule has 7 heteroatoms. The van der Waals surface area contributed by atoms with Gasteiger partial charge in [-0.2, -0.15) is 18.4 Å². The van der Waals surface area contributed by atoms with Gasteiger partial charge in [0.1, 0.15) is 17.5 Å². The Kier molecular flexibility index (Phi) is 4.11. The summed E-state index contributed by atoms with van der Waals surface area (Å²) in [4.78, 5) is 8.15. The Morgan fingerprint density at radius 1 is 1.04 bits per heavy atom. The fraction of sp³-hybridized carbons (Fsp3) is 0.0556. The van der Waals surface area contributed by atoms with E-state index in [1.54, 1.807) is 30.6 Å². The normalized spacial score (nSPS) is 11.1. The minimum Gasteiger partial charge on any atom is -0.383 e. The Morgan fingerprint density at radius 2 is 1.80 bits per heavy atom. The molecule has 0 bridgehead atoms. The highest BCUT2D eigenvalue weighted by atomic mass is 19.4. The molecule has 0 aliphatic heterocycles. The van der Waals surface area contributed by atoms with Crippen LogP contribution in [0, 0.1) is 11.3 Å². The van der Waals surface area contributed by atoms with Gasteiger partial charge in [-0.15, -0.1) is 0 Å². The molecule has 2 heterocycles. The number of aromatic nitrogens is 2. The minimum absolute atomic E-state index is 0.0342. The zero-order valence-corrected chi connectivity index (χ0v) is 12.7. The Morgan fingerprint density at radius 3 is 2.44 bits per heavy atom. The van der Waals surface area contributed by atoms with E-state index in [1.807, 2.05) is 6.07 Å². The highest BCUT2D eigenvalue weighted by molar-refractivity contribution is 5.80. The van der Waals surface area contributed by atoms with E-state index in [0.717, 1.165) is 12.1 Å². The quantitative estimate of drug-likeness (QED) is 0.755. The van der Waals surface area contributed by atoms with Crippen molar-refractivity contribution < 1.29 is 13.2 Å². The van der Waals surface area contributed by atoms with Crippen LogP contribution in [0.25, 0.3) is 22.4 Å². The van der Waals surface area contributed by atoms with E-state index in [4.69, 9.17) is 5.73 Å². The molecule has 3 aromatic rings. The number of nitrogens with two attached hydrogens (primary N) is 1. The number of nitriles is 1. The molecular weight excluding hydrogens is 329 g/mol. The number of nitrogen functional groups attached to an aromatic ring is 1. The summed E-state index contributed by atoms with van der Waals surface area (Å²) in [6, 6.07) is 11.7. The predicted molar refractivity (Wildman–Crippen MR) is 87.0 cm³/mol. The molecule has 4 nitrogen and oxygen atoms in total. The molecule has 0 spiro atoms. The average molecular weight is 340 g/mol. The summed E-state index contributed by atoms with van der Waals surface area (Å²) in [6.45, 7) is 0. The molecule has 0 saturated carbocycles. The van der Waals surface area contributed by atoms with Crippen molar-refractivity contribution >= 4 is 5.82 Å². The van der Waals surface area contributed by atoms with Crippen molar-refractivity contribution in [2.24, 2.45) is 0 Å². The van der Waals surface area contributed by atoms with E-state index in [9.17, 15) is 18.4 Å². The maximum atomic E-state index is 13.0. The van der Waals surface area contributed by atoms with Crippen molar-refractivity contribution in [1.82, 2.24) is 9.97 Å². The third-order valence-corrected chi connectivity index (χ3v) is 3.62. The Balaban J connectivity index is 2.22. The number of rotatable bonds is 2. The molecule has 25 heavy (non-hydrogen) atoms. The van der Waals surface area contributed by atoms with Crippen LogP contribution in [0.5, 0.6) is 0 Å². The number of anilines is 1. The Bertz CT molecular complexity index is 960. The van der Waals surface area contributed by atoms with Crippen LogP contribution < -0.4 is 5.73 Å². The summed E-state index contributed by atoms with van der Waals surface area (Å²) in [7, 11) is 0. The minimum atomic E-state index is -4.48. The summed E-state index contributed by atoms with van der Waals surface area (Å²) in [6.07, 6.45) is -1.33. The summed E-state index contributed by atoms with van der Waals surface area (Å²) in [5.74, 6) is -0.0451. The monoisotopic (exact) mass is 340 g/mol. The number of halogens is 3. The predicted octanol–water partition coefficient (Wildman–Crippen LogP) is 4.28.